The third kappa shape index (κ3) is 4.18. The van der Waals surface area contributed by atoms with E-state index in [4.69, 9.17) is 0 Å². The van der Waals surface area contributed by atoms with Gasteiger partial charge >= 0.3 is 0 Å². The standard InChI is InChI=1S/C28H25N5O2S/c1-18-11-15-21(16-12-18)32-26(35)22-9-5-6-10-23(22)33-27(32)30-31-28(33)36-17-24(34)29-25(20-13-14-20)19-7-3-2-4-8-19/h2-12,15-16,20,25H,13-14,17H2,1H3,(H,29,34). The fourth-order valence-corrected chi connectivity index (χ4v) is 5.36. The van der Waals surface area contributed by atoms with Gasteiger partial charge in [0, 0.05) is 0 Å². The first-order valence-electron chi connectivity index (χ1n) is 12.0. The van der Waals surface area contributed by atoms with E-state index >= 15 is 0 Å². The normalized spacial score (nSPS) is 14.2. The molecule has 1 aliphatic rings. The summed E-state index contributed by atoms with van der Waals surface area (Å²) in [4.78, 5) is 26.4. The zero-order chi connectivity index (χ0) is 24.6. The van der Waals surface area contributed by atoms with Crippen LogP contribution in [-0.4, -0.2) is 30.8 Å². The lowest BCUT2D eigenvalue weighted by molar-refractivity contribution is -0.119. The number of thioether (sulfide) groups is 1. The number of hydrogen-bond acceptors (Lipinski definition) is 5. The van der Waals surface area contributed by atoms with Crippen LogP contribution in [0.15, 0.2) is 88.8 Å². The van der Waals surface area contributed by atoms with Crippen molar-refractivity contribution in [2.45, 2.75) is 31.0 Å². The van der Waals surface area contributed by atoms with Crippen molar-refractivity contribution in [2.24, 2.45) is 5.92 Å². The fraction of sp³-hybridized carbons (Fsp3) is 0.214. The predicted octanol–water partition coefficient (Wildman–Crippen LogP) is 4.70. The molecule has 1 aliphatic carbocycles. The summed E-state index contributed by atoms with van der Waals surface area (Å²) in [7, 11) is 0. The second kappa shape index (κ2) is 9.28. The van der Waals surface area contributed by atoms with Crippen molar-refractivity contribution in [3.63, 3.8) is 0 Å². The summed E-state index contributed by atoms with van der Waals surface area (Å²) in [5.74, 6) is 1.07. The monoisotopic (exact) mass is 495 g/mol. The van der Waals surface area contributed by atoms with Crippen molar-refractivity contribution in [3.8, 4) is 5.69 Å². The number of aryl methyl sites for hydroxylation is 1. The van der Waals surface area contributed by atoms with Crippen LogP contribution in [0.2, 0.25) is 0 Å². The molecule has 2 aromatic heterocycles. The van der Waals surface area contributed by atoms with Gasteiger partial charge in [-0.25, -0.2) is 4.57 Å². The third-order valence-electron chi connectivity index (χ3n) is 6.59. The van der Waals surface area contributed by atoms with E-state index in [0.717, 1.165) is 29.7 Å². The Morgan fingerprint density at radius 3 is 2.47 bits per heavy atom. The molecule has 3 aromatic carbocycles. The van der Waals surface area contributed by atoms with Crippen LogP contribution in [0.1, 0.15) is 30.0 Å². The Bertz CT molecular complexity index is 1620. The summed E-state index contributed by atoms with van der Waals surface area (Å²) in [5, 5.41) is 13.1. The highest BCUT2D eigenvalue weighted by Gasteiger charge is 2.33. The van der Waals surface area contributed by atoms with Crippen molar-refractivity contribution in [2.75, 3.05) is 5.75 Å². The molecule has 180 valence electrons. The Balaban J connectivity index is 1.33. The minimum atomic E-state index is -0.154. The number of nitrogens with one attached hydrogen (secondary N) is 1. The summed E-state index contributed by atoms with van der Waals surface area (Å²) in [6, 6.07) is 25.3. The smallest absolute Gasteiger partial charge is 0.267 e. The third-order valence-corrected chi connectivity index (χ3v) is 7.52. The molecule has 1 amide bonds. The van der Waals surface area contributed by atoms with E-state index in [-0.39, 0.29) is 23.3 Å². The Hall–Kier alpha value is -3.91. The number of hydrogen-bond donors (Lipinski definition) is 1. The molecule has 1 unspecified atom stereocenters. The average Bonchev–Trinajstić information content (AvgIpc) is 3.67. The highest BCUT2D eigenvalue weighted by Crippen LogP contribution is 2.41. The Morgan fingerprint density at radius 1 is 1.00 bits per heavy atom. The summed E-state index contributed by atoms with van der Waals surface area (Å²) in [5.41, 5.74) is 3.53. The van der Waals surface area contributed by atoms with Gasteiger partial charge in [-0.1, -0.05) is 71.9 Å². The lowest BCUT2D eigenvalue weighted by Gasteiger charge is -2.18. The van der Waals surface area contributed by atoms with E-state index in [0.29, 0.717) is 27.8 Å². The molecule has 1 saturated carbocycles. The summed E-state index contributed by atoms with van der Waals surface area (Å²) in [6.45, 7) is 2.00. The molecule has 1 fully saturated rings. The van der Waals surface area contributed by atoms with Crippen molar-refractivity contribution in [1.29, 1.82) is 0 Å². The number of para-hydroxylation sites is 1. The van der Waals surface area contributed by atoms with Crippen molar-refractivity contribution in [1.82, 2.24) is 24.5 Å². The summed E-state index contributed by atoms with van der Waals surface area (Å²) < 4.78 is 3.45. The molecule has 0 aliphatic heterocycles. The molecule has 8 heteroatoms. The maximum absolute atomic E-state index is 13.4. The molecule has 7 nitrogen and oxygen atoms in total. The molecule has 0 radical (unpaired) electrons. The van der Waals surface area contributed by atoms with Gasteiger partial charge in [-0.05, 0) is 55.5 Å². The van der Waals surface area contributed by atoms with Crippen LogP contribution in [0.3, 0.4) is 0 Å². The molecule has 1 N–H and O–H groups in total. The number of rotatable bonds is 7. The average molecular weight is 496 g/mol. The van der Waals surface area contributed by atoms with Gasteiger partial charge in [-0.2, -0.15) is 0 Å². The van der Waals surface area contributed by atoms with Gasteiger partial charge in [0.15, 0.2) is 5.16 Å². The Morgan fingerprint density at radius 2 is 1.72 bits per heavy atom. The molecule has 6 rings (SSSR count). The molecular weight excluding hydrogens is 470 g/mol. The van der Waals surface area contributed by atoms with E-state index in [9.17, 15) is 9.59 Å². The van der Waals surface area contributed by atoms with Crippen LogP contribution < -0.4 is 10.9 Å². The van der Waals surface area contributed by atoms with Crippen molar-refractivity contribution >= 4 is 34.3 Å². The lowest BCUT2D eigenvalue weighted by atomic mass is 10.0. The zero-order valence-corrected chi connectivity index (χ0v) is 20.6. The molecule has 1 atom stereocenters. The van der Waals surface area contributed by atoms with Gasteiger partial charge in [0.25, 0.3) is 5.56 Å². The molecule has 2 heterocycles. The SMILES string of the molecule is Cc1ccc(-n2c(=O)c3ccccc3n3c(SCC(=O)NC(c4ccccc4)C4CC4)nnc23)cc1. The number of carbonyl (C=O) groups is 1. The molecule has 0 saturated heterocycles. The van der Waals surface area contributed by atoms with Crippen molar-refractivity contribution < 1.29 is 4.79 Å². The maximum Gasteiger partial charge on any atom is 0.267 e. The summed E-state index contributed by atoms with van der Waals surface area (Å²) >= 11 is 1.32. The van der Waals surface area contributed by atoms with E-state index in [2.05, 4.69) is 27.6 Å². The van der Waals surface area contributed by atoms with Gasteiger partial charge in [0.2, 0.25) is 11.7 Å². The minimum absolute atomic E-state index is 0.0296. The van der Waals surface area contributed by atoms with E-state index in [1.165, 1.54) is 11.8 Å². The van der Waals surface area contributed by atoms with Crippen LogP contribution >= 0.6 is 11.8 Å². The van der Waals surface area contributed by atoms with E-state index < -0.39 is 0 Å². The van der Waals surface area contributed by atoms with E-state index in [1.807, 2.05) is 78.1 Å². The zero-order valence-electron chi connectivity index (χ0n) is 19.8. The number of carbonyl (C=O) groups excluding carboxylic acids is 1. The molecule has 0 spiro atoms. The van der Waals surface area contributed by atoms with Crippen LogP contribution in [0.5, 0.6) is 0 Å². The Kier molecular flexibility index (Phi) is 5.81. The molecule has 36 heavy (non-hydrogen) atoms. The van der Waals surface area contributed by atoms with Crippen LogP contribution in [0.25, 0.3) is 22.4 Å². The molecule has 0 bridgehead atoms. The maximum atomic E-state index is 13.4. The lowest BCUT2D eigenvalue weighted by Crippen LogP contribution is -2.31. The topological polar surface area (TPSA) is 81.3 Å². The van der Waals surface area contributed by atoms with Gasteiger partial charge in [0.1, 0.15) is 0 Å². The second-order valence-electron chi connectivity index (χ2n) is 9.19. The quantitative estimate of drug-likeness (QED) is 0.331. The number of benzene rings is 3. The van der Waals surface area contributed by atoms with Gasteiger partial charge in [0.05, 0.1) is 28.4 Å². The number of amides is 1. The molecular formula is C28H25N5O2S. The number of fused-ring (bicyclic) bond motifs is 3. The number of nitrogens with zero attached hydrogens (tertiary/aromatic N) is 4. The highest BCUT2D eigenvalue weighted by molar-refractivity contribution is 7.99. The molecule has 5 aromatic rings. The predicted molar refractivity (Wildman–Crippen MR) is 142 cm³/mol. The van der Waals surface area contributed by atoms with E-state index in [1.54, 1.807) is 4.57 Å². The van der Waals surface area contributed by atoms with Gasteiger partial charge in [-0.3, -0.25) is 14.0 Å². The Labute approximate surface area is 212 Å². The van der Waals surface area contributed by atoms with Crippen LogP contribution in [0.4, 0.5) is 0 Å². The first-order chi connectivity index (χ1) is 17.6. The first kappa shape index (κ1) is 22.5. The second-order valence-corrected chi connectivity index (χ2v) is 10.1. The van der Waals surface area contributed by atoms with Gasteiger partial charge in [-0.15, -0.1) is 10.2 Å². The summed E-state index contributed by atoms with van der Waals surface area (Å²) in [6.07, 6.45) is 2.26. The van der Waals surface area contributed by atoms with Crippen molar-refractivity contribution in [3.05, 3.63) is 100 Å². The van der Waals surface area contributed by atoms with Gasteiger partial charge < -0.3 is 5.32 Å². The highest BCUT2D eigenvalue weighted by atomic mass is 32.2. The van der Waals surface area contributed by atoms with Crippen LogP contribution in [-0.2, 0) is 4.79 Å². The fourth-order valence-electron chi connectivity index (χ4n) is 4.61. The first-order valence-corrected chi connectivity index (χ1v) is 13.0. The minimum Gasteiger partial charge on any atom is -0.348 e. The largest absolute Gasteiger partial charge is 0.348 e. The number of aromatic nitrogens is 4. The van der Waals surface area contributed by atoms with Crippen LogP contribution in [0, 0.1) is 12.8 Å².